The summed E-state index contributed by atoms with van der Waals surface area (Å²) in [4.78, 5) is 23.2. The Morgan fingerprint density at radius 3 is 2.71 bits per heavy atom. The molecule has 4 aliphatic carbocycles. The van der Waals surface area contributed by atoms with Gasteiger partial charge in [0.25, 0.3) is 0 Å². The van der Waals surface area contributed by atoms with Gasteiger partial charge in [-0.05, 0) is 50.4 Å². The van der Waals surface area contributed by atoms with E-state index in [1.807, 2.05) is 0 Å². The van der Waals surface area contributed by atoms with Crippen LogP contribution in [0.4, 0.5) is 0 Å². The number of hydrogen-bond donors (Lipinski definition) is 0. The van der Waals surface area contributed by atoms with Crippen molar-refractivity contribution in [3.05, 3.63) is 12.2 Å². The highest BCUT2D eigenvalue weighted by atomic mass is 16.6. The summed E-state index contributed by atoms with van der Waals surface area (Å²) in [6, 6.07) is 0. The first kappa shape index (κ1) is 13.4. The van der Waals surface area contributed by atoms with Gasteiger partial charge in [0.05, 0.1) is 0 Å². The molecule has 0 saturated heterocycles. The molecule has 1 spiro atoms. The van der Waals surface area contributed by atoms with Gasteiger partial charge in [-0.25, -0.2) is 4.79 Å². The third-order valence-corrected chi connectivity index (χ3v) is 6.52. The third-order valence-electron chi connectivity index (χ3n) is 6.52. The van der Waals surface area contributed by atoms with Crippen LogP contribution in [0.5, 0.6) is 0 Å². The maximum absolute atomic E-state index is 11.8. The summed E-state index contributed by atoms with van der Waals surface area (Å²) in [6.45, 7) is 6.88. The molecule has 114 valence electrons. The zero-order valence-electron chi connectivity index (χ0n) is 12.7. The number of rotatable bonds is 3. The van der Waals surface area contributed by atoms with Crippen molar-refractivity contribution < 1.29 is 19.1 Å². The molecule has 6 atom stereocenters. The molecule has 4 rings (SSSR count). The minimum absolute atomic E-state index is 0.0415. The average Bonchev–Trinajstić information content (AvgIpc) is 2.95. The fourth-order valence-electron chi connectivity index (χ4n) is 6.28. The van der Waals surface area contributed by atoms with Crippen LogP contribution < -0.4 is 0 Å². The van der Waals surface area contributed by atoms with E-state index >= 15 is 0 Å². The van der Waals surface area contributed by atoms with Crippen molar-refractivity contribution in [2.24, 2.45) is 23.2 Å². The third kappa shape index (κ3) is 1.51. The van der Waals surface area contributed by atoms with Gasteiger partial charge in [0.2, 0.25) is 0 Å². The van der Waals surface area contributed by atoms with Gasteiger partial charge in [-0.1, -0.05) is 6.58 Å². The Morgan fingerprint density at radius 2 is 2.05 bits per heavy atom. The van der Waals surface area contributed by atoms with Crippen molar-refractivity contribution in [1.29, 1.82) is 0 Å². The second-order valence-electron chi connectivity index (χ2n) is 7.61. The van der Waals surface area contributed by atoms with E-state index in [4.69, 9.17) is 9.47 Å². The lowest BCUT2D eigenvalue weighted by molar-refractivity contribution is -0.234. The van der Waals surface area contributed by atoms with Gasteiger partial charge >= 0.3 is 11.9 Å². The Kier molecular flexibility index (Phi) is 2.48. The van der Waals surface area contributed by atoms with Crippen LogP contribution in [0, 0.1) is 23.2 Å². The summed E-state index contributed by atoms with van der Waals surface area (Å²) in [5.74, 6) is 1.11. The standard InChI is InChI=1S/C17H22O4/c1-9(2)15(19)20-12-4-5-16-8-17(21-10(3)18)7-11(14(12)16)6-13(16)17/h11-14H,1,4-8H2,2-3H3. The van der Waals surface area contributed by atoms with E-state index in [1.165, 1.54) is 6.92 Å². The van der Waals surface area contributed by atoms with Gasteiger partial charge in [-0.15, -0.1) is 0 Å². The van der Waals surface area contributed by atoms with Gasteiger partial charge in [0, 0.05) is 24.3 Å². The van der Waals surface area contributed by atoms with Crippen molar-refractivity contribution in [1.82, 2.24) is 0 Å². The highest BCUT2D eigenvalue weighted by Gasteiger charge is 2.80. The van der Waals surface area contributed by atoms with E-state index in [9.17, 15) is 9.59 Å². The normalized spacial score (nSPS) is 48.5. The zero-order chi connectivity index (χ0) is 15.0. The molecule has 0 heterocycles. The molecule has 6 unspecified atom stereocenters. The van der Waals surface area contributed by atoms with Crippen LogP contribution in [0.1, 0.15) is 46.0 Å². The topological polar surface area (TPSA) is 52.6 Å². The molecular formula is C17H22O4. The molecule has 4 heteroatoms. The van der Waals surface area contributed by atoms with Gasteiger partial charge in [0.1, 0.15) is 11.7 Å². The molecule has 0 aromatic carbocycles. The van der Waals surface area contributed by atoms with Crippen molar-refractivity contribution >= 4 is 11.9 Å². The molecular weight excluding hydrogens is 268 g/mol. The molecule has 0 aromatic heterocycles. The number of fused-ring (bicyclic) bond motifs is 2. The monoisotopic (exact) mass is 290 g/mol. The molecule has 0 N–H and O–H groups in total. The first-order chi connectivity index (χ1) is 9.88. The summed E-state index contributed by atoms with van der Waals surface area (Å²) in [5.41, 5.74) is 0.570. The van der Waals surface area contributed by atoms with Gasteiger partial charge in [0.15, 0.2) is 0 Å². The summed E-state index contributed by atoms with van der Waals surface area (Å²) < 4.78 is 11.4. The highest BCUT2D eigenvalue weighted by molar-refractivity contribution is 5.87. The van der Waals surface area contributed by atoms with Gasteiger partial charge < -0.3 is 9.47 Å². The van der Waals surface area contributed by atoms with Crippen LogP contribution in [-0.2, 0) is 19.1 Å². The summed E-state index contributed by atoms with van der Waals surface area (Å²) in [5, 5.41) is 0. The Hall–Kier alpha value is -1.32. The quantitative estimate of drug-likeness (QED) is 0.592. The Labute approximate surface area is 124 Å². The van der Waals surface area contributed by atoms with Crippen LogP contribution in [0.3, 0.4) is 0 Å². The predicted octanol–water partition coefficient (Wildman–Crippen LogP) is 2.62. The lowest BCUT2D eigenvalue weighted by atomic mass is 9.47. The van der Waals surface area contributed by atoms with Gasteiger partial charge in [-0.3, -0.25) is 4.79 Å². The van der Waals surface area contributed by atoms with Crippen LogP contribution in [-0.4, -0.2) is 23.6 Å². The molecule has 21 heavy (non-hydrogen) atoms. The first-order valence-corrected chi connectivity index (χ1v) is 7.94. The Bertz CT molecular complexity index is 553. The molecule has 2 bridgehead atoms. The molecule has 4 fully saturated rings. The molecule has 0 aliphatic heterocycles. The van der Waals surface area contributed by atoms with Crippen molar-refractivity contribution in [2.45, 2.75) is 57.7 Å². The van der Waals surface area contributed by atoms with Crippen molar-refractivity contribution in [3.8, 4) is 0 Å². The fraction of sp³-hybridized carbons (Fsp3) is 0.765. The first-order valence-electron chi connectivity index (χ1n) is 7.94. The SMILES string of the molecule is C=C(C)C(=O)OC1CCC23CC4(OC(C)=O)CC(CC42)C13. The molecule has 4 saturated carbocycles. The van der Waals surface area contributed by atoms with Crippen molar-refractivity contribution in [2.75, 3.05) is 0 Å². The lowest BCUT2D eigenvalue weighted by Gasteiger charge is -2.62. The highest BCUT2D eigenvalue weighted by Crippen LogP contribution is 2.80. The van der Waals surface area contributed by atoms with Crippen LogP contribution in [0.2, 0.25) is 0 Å². The Balaban J connectivity index is 1.54. The van der Waals surface area contributed by atoms with Crippen molar-refractivity contribution in [3.63, 3.8) is 0 Å². The van der Waals surface area contributed by atoms with Crippen LogP contribution in [0.25, 0.3) is 0 Å². The molecule has 0 radical (unpaired) electrons. The average molecular weight is 290 g/mol. The second-order valence-corrected chi connectivity index (χ2v) is 7.61. The largest absolute Gasteiger partial charge is 0.459 e. The molecule has 4 nitrogen and oxygen atoms in total. The van der Waals surface area contributed by atoms with Crippen LogP contribution >= 0.6 is 0 Å². The molecule has 0 aromatic rings. The van der Waals surface area contributed by atoms with E-state index in [1.54, 1.807) is 6.92 Å². The van der Waals surface area contributed by atoms with E-state index in [-0.39, 0.29) is 29.1 Å². The summed E-state index contributed by atoms with van der Waals surface area (Å²) >= 11 is 0. The van der Waals surface area contributed by atoms with E-state index in [0.29, 0.717) is 23.3 Å². The minimum Gasteiger partial charge on any atom is -0.459 e. The second kappa shape index (κ2) is 3.90. The summed E-state index contributed by atoms with van der Waals surface area (Å²) in [6.07, 6.45) is 5.18. The summed E-state index contributed by atoms with van der Waals surface area (Å²) in [7, 11) is 0. The lowest BCUT2D eigenvalue weighted by Crippen LogP contribution is -2.64. The number of carbonyl (C=O) groups excluding carboxylic acids is 2. The van der Waals surface area contributed by atoms with E-state index in [0.717, 1.165) is 32.1 Å². The number of ether oxygens (including phenoxy) is 2. The Morgan fingerprint density at radius 1 is 1.29 bits per heavy atom. The molecule has 4 aliphatic rings. The molecule has 0 amide bonds. The smallest absolute Gasteiger partial charge is 0.333 e. The maximum Gasteiger partial charge on any atom is 0.333 e. The fourth-order valence-corrected chi connectivity index (χ4v) is 6.28. The van der Waals surface area contributed by atoms with Crippen LogP contribution in [0.15, 0.2) is 12.2 Å². The van der Waals surface area contributed by atoms with E-state index in [2.05, 4.69) is 6.58 Å². The minimum atomic E-state index is -0.259. The number of carbonyl (C=O) groups is 2. The number of esters is 2. The zero-order valence-corrected chi connectivity index (χ0v) is 12.7. The van der Waals surface area contributed by atoms with E-state index < -0.39 is 0 Å². The number of hydrogen-bond acceptors (Lipinski definition) is 4. The van der Waals surface area contributed by atoms with Gasteiger partial charge in [-0.2, -0.15) is 0 Å². The maximum atomic E-state index is 11.8. The predicted molar refractivity (Wildman–Crippen MR) is 75.2 cm³/mol.